The monoisotopic (exact) mass is 349 g/mol. The Bertz CT molecular complexity index is 1000. The van der Waals surface area contributed by atoms with Crippen molar-refractivity contribution in [3.63, 3.8) is 0 Å². The zero-order valence-electron chi connectivity index (χ0n) is 15.6. The molecule has 0 aromatic carbocycles. The number of nitrogens with zero attached hydrogens (tertiary/aromatic N) is 4. The van der Waals surface area contributed by atoms with E-state index in [0.717, 1.165) is 51.1 Å². The van der Waals surface area contributed by atoms with Gasteiger partial charge in [0.15, 0.2) is 0 Å². The molecule has 0 fully saturated rings. The molecule has 6 nitrogen and oxygen atoms in total. The third-order valence-electron chi connectivity index (χ3n) is 4.94. The molecule has 1 amide bonds. The van der Waals surface area contributed by atoms with Gasteiger partial charge in [-0.2, -0.15) is 0 Å². The predicted molar refractivity (Wildman–Crippen MR) is 102 cm³/mol. The van der Waals surface area contributed by atoms with Crippen LogP contribution in [0, 0.1) is 6.92 Å². The number of amides is 1. The number of likely N-dealkylation sites (N-methyl/N-ethyl adjacent to an activating group) is 1. The lowest BCUT2D eigenvalue weighted by atomic mass is 9.96. The number of nitrogens with one attached hydrogen (secondary N) is 1. The van der Waals surface area contributed by atoms with Gasteiger partial charge in [0.05, 0.1) is 17.0 Å². The van der Waals surface area contributed by atoms with Gasteiger partial charge in [-0.1, -0.05) is 0 Å². The standard InChI is InChI=1S/C20H23N5O/c1-12-9-21-19-15(12)7-13(10-22-19)17-8-14(11-24(2)3)18-16(23-17)5-6-25(4)20(18)26/h7-10H,5-6,11H2,1-4H3,(H,21,22). The third kappa shape index (κ3) is 2.76. The van der Waals surface area contributed by atoms with E-state index in [1.54, 1.807) is 4.90 Å². The van der Waals surface area contributed by atoms with Gasteiger partial charge in [0, 0.05) is 49.9 Å². The van der Waals surface area contributed by atoms with Crippen LogP contribution in [0.5, 0.6) is 0 Å². The highest BCUT2D eigenvalue weighted by Gasteiger charge is 2.27. The summed E-state index contributed by atoms with van der Waals surface area (Å²) in [5, 5.41) is 1.10. The van der Waals surface area contributed by atoms with Crippen molar-refractivity contribution in [3.8, 4) is 11.3 Å². The molecule has 1 aliphatic rings. The van der Waals surface area contributed by atoms with Gasteiger partial charge in [-0.05, 0) is 44.3 Å². The molecule has 0 atom stereocenters. The fourth-order valence-electron chi connectivity index (χ4n) is 3.55. The summed E-state index contributed by atoms with van der Waals surface area (Å²) in [6.07, 6.45) is 4.60. The minimum atomic E-state index is 0.0669. The summed E-state index contributed by atoms with van der Waals surface area (Å²) >= 11 is 0. The number of hydrogen-bond donors (Lipinski definition) is 1. The lowest BCUT2D eigenvalue weighted by Crippen LogP contribution is -2.36. The first-order chi connectivity index (χ1) is 12.4. The van der Waals surface area contributed by atoms with E-state index in [2.05, 4.69) is 27.9 Å². The maximum Gasteiger partial charge on any atom is 0.255 e. The van der Waals surface area contributed by atoms with E-state index in [9.17, 15) is 4.79 Å². The van der Waals surface area contributed by atoms with Crippen LogP contribution in [0.3, 0.4) is 0 Å². The molecule has 0 saturated carbocycles. The zero-order chi connectivity index (χ0) is 18.4. The average molecular weight is 349 g/mol. The SMILES string of the molecule is Cc1c[nH]c2ncc(-c3cc(CN(C)C)c4c(n3)CCN(C)C4=O)cc12. The van der Waals surface area contributed by atoms with E-state index in [1.807, 2.05) is 39.6 Å². The van der Waals surface area contributed by atoms with Gasteiger partial charge >= 0.3 is 0 Å². The van der Waals surface area contributed by atoms with Gasteiger partial charge in [-0.15, -0.1) is 0 Å². The molecule has 26 heavy (non-hydrogen) atoms. The Hall–Kier alpha value is -2.73. The molecule has 0 unspecified atom stereocenters. The third-order valence-corrected chi connectivity index (χ3v) is 4.94. The van der Waals surface area contributed by atoms with E-state index < -0.39 is 0 Å². The molecule has 0 bridgehead atoms. The first-order valence-electron chi connectivity index (χ1n) is 8.81. The van der Waals surface area contributed by atoms with Crippen LogP contribution < -0.4 is 0 Å². The molecule has 4 rings (SSSR count). The molecular formula is C20H23N5O. The summed E-state index contributed by atoms with van der Waals surface area (Å²) in [5.74, 6) is 0.0669. The Morgan fingerprint density at radius 2 is 2.12 bits per heavy atom. The van der Waals surface area contributed by atoms with E-state index in [0.29, 0.717) is 13.1 Å². The van der Waals surface area contributed by atoms with Crippen LogP contribution in [0.1, 0.15) is 27.2 Å². The fourth-order valence-corrected chi connectivity index (χ4v) is 3.55. The number of fused-ring (bicyclic) bond motifs is 2. The number of aromatic amines is 1. The molecule has 4 heterocycles. The molecule has 0 spiro atoms. The Kier molecular flexibility index (Phi) is 4.00. The second-order valence-electron chi connectivity index (χ2n) is 7.29. The maximum absolute atomic E-state index is 12.7. The summed E-state index contributed by atoms with van der Waals surface area (Å²) in [6.45, 7) is 3.48. The Morgan fingerprint density at radius 3 is 2.88 bits per heavy atom. The molecule has 0 aliphatic carbocycles. The van der Waals surface area contributed by atoms with Crippen molar-refractivity contribution < 1.29 is 4.79 Å². The van der Waals surface area contributed by atoms with Crippen LogP contribution in [0.2, 0.25) is 0 Å². The van der Waals surface area contributed by atoms with Crippen LogP contribution in [0.25, 0.3) is 22.3 Å². The van der Waals surface area contributed by atoms with E-state index >= 15 is 0 Å². The summed E-state index contributed by atoms with van der Waals surface area (Å²) < 4.78 is 0. The Balaban J connectivity index is 1.88. The zero-order valence-corrected chi connectivity index (χ0v) is 15.6. The molecule has 1 N–H and O–H groups in total. The fraction of sp³-hybridized carbons (Fsp3) is 0.350. The number of aryl methyl sites for hydroxylation is 1. The van der Waals surface area contributed by atoms with Crippen LogP contribution in [0.15, 0.2) is 24.5 Å². The number of rotatable bonds is 3. The molecular weight excluding hydrogens is 326 g/mol. The molecule has 3 aromatic rings. The molecule has 3 aromatic heterocycles. The largest absolute Gasteiger partial charge is 0.346 e. The van der Waals surface area contributed by atoms with Crippen molar-refractivity contribution >= 4 is 16.9 Å². The summed E-state index contributed by atoms with van der Waals surface area (Å²) in [4.78, 5) is 29.1. The number of carbonyl (C=O) groups excluding carboxylic acids is 1. The smallest absolute Gasteiger partial charge is 0.255 e. The van der Waals surface area contributed by atoms with E-state index in [1.165, 1.54) is 0 Å². The number of hydrogen-bond acceptors (Lipinski definition) is 4. The van der Waals surface area contributed by atoms with Crippen LogP contribution in [-0.4, -0.2) is 58.3 Å². The molecule has 6 heteroatoms. The van der Waals surface area contributed by atoms with Gasteiger partial charge in [-0.3, -0.25) is 9.78 Å². The van der Waals surface area contributed by atoms with Crippen molar-refractivity contribution in [2.24, 2.45) is 0 Å². The van der Waals surface area contributed by atoms with Crippen molar-refractivity contribution in [1.29, 1.82) is 0 Å². The van der Waals surface area contributed by atoms with Crippen LogP contribution >= 0.6 is 0 Å². The van der Waals surface area contributed by atoms with Gasteiger partial charge in [0.25, 0.3) is 5.91 Å². The van der Waals surface area contributed by atoms with Crippen molar-refractivity contribution in [3.05, 3.63) is 46.9 Å². The maximum atomic E-state index is 12.7. The normalized spacial score (nSPS) is 14.3. The topological polar surface area (TPSA) is 65.1 Å². The molecule has 134 valence electrons. The summed E-state index contributed by atoms with van der Waals surface area (Å²) in [6, 6.07) is 4.17. The van der Waals surface area contributed by atoms with Gasteiger partial charge in [0.1, 0.15) is 5.65 Å². The van der Waals surface area contributed by atoms with Gasteiger partial charge < -0.3 is 14.8 Å². The molecule has 0 radical (unpaired) electrons. The van der Waals surface area contributed by atoms with Crippen molar-refractivity contribution in [2.75, 3.05) is 27.7 Å². The molecule has 0 saturated heterocycles. The van der Waals surface area contributed by atoms with Gasteiger partial charge in [-0.25, -0.2) is 4.98 Å². The lowest BCUT2D eigenvalue weighted by molar-refractivity contribution is 0.0777. The highest BCUT2D eigenvalue weighted by molar-refractivity contribution is 5.98. The highest BCUT2D eigenvalue weighted by Crippen LogP contribution is 2.29. The quantitative estimate of drug-likeness (QED) is 0.789. The second-order valence-corrected chi connectivity index (χ2v) is 7.29. The van der Waals surface area contributed by atoms with Crippen LogP contribution in [0.4, 0.5) is 0 Å². The number of carbonyl (C=O) groups is 1. The minimum Gasteiger partial charge on any atom is -0.346 e. The first-order valence-corrected chi connectivity index (χ1v) is 8.81. The minimum absolute atomic E-state index is 0.0669. The van der Waals surface area contributed by atoms with Crippen LogP contribution in [-0.2, 0) is 13.0 Å². The Labute approximate surface area is 152 Å². The average Bonchev–Trinajstić information content (AvgIpc) is 2.98. The summed E-state index contributed by atoms with van der Waals surface area (Å²) in [5.41, 5.74) is 6.60. The van der Waals surface area contributed by atoms with Crippen molar-refractivity contribution in [2.45, 2.75) is 19.9 Å². The number of aromatic nitrogens is 3. The number of H-pyrrole nitrogens is 1. The number of pyridine rings is 2. The highest BCUT2D eigenvalue weighted by atomic mass is 16.2. The lowest BCUT2D eigenvalue weighted by Gasteiger charge is -2.27. The Morgan fingerprint density at radius 1 is 1.31 bits per heavy atom. The first kappa shape index (κ1) is 16.7. The predicted octanol–water partition coefficient (Wildman–Crippen LogP) is 2.62. The second kappa shape index (κ2) is 6.21. The molecule has 1 aliphatic heterocycles. The summed E-state index contributed by atoms with van der Waals surface area (Å²) in [7, 11) is 5.88. The van der Waals surface area contributed by atoms with E-state index in [-0.39, 0.29) is 5.91 Å². The van der Waals surface area contributed by atoms with E-state index in [4.69, 9.17) is 4.98 Å². The van der Waals surface area contributed by atoms with Gasteiger partial charge in [0.2, 0.25) is 0 Å². The van der Waals surface area contributed by atoms with Crippen molar-refractivity contribution in [1.82, 2.24) is 24.8 Å².